The molecular formula is C4H12N2O5. The summed E-state index contributed by atoms with van der Waals surface area (Å²) in [4.78, 5) is 14.2. The number of hydrogen-bond acceptors (Lipinski definition) is 4. The van der Waals surface area contributed by atoms with Crippen molar-refractivity contribution in [3.63, 3.8) is 0 Å². The van der Waals surface area contributed by atoms with Gasteiger partial charge in [-0.05, 0) is 0 Å². The second-order valence-electron chi connectivity index (χ2n) is 1.61. The molecule has 0 bridgehead atoms. The molecule has 68 valence electrons. The topological polar surface area (TPSA) is 136 Å². The van der Waals surface area contributed by atoms with Crippen molar-refractivity contribution in [3.05, 3.63) is 0 Å². The molecule has 0 aromatic carbocycles. The summed E-state index contributed by atoms with van der Waals surface area (Å²) in [5.74, 6) is 0. The molecule has 1 unspecified atom stereocenters. The van der Waals surface area contributed by atoms with E-state index in [2.05, 4.69) is 10.6 Å². The van der Waals surface area contributed by atoms with E-state index in [9.17, 15) is 4.79 Å². The highest BCUT2D eigenvalue weighted by Crippen LogP contribution is 1.78. The lowest BCUT2D eigenvalue weighted by atomic mass is 10.4. The summed E-state index contributed by atoms with van der Waals surface area (Å²) in [6, 6.07) is -0.842. The lowest BCUT2D eigenvalue weighted by Crippen LogP contribution is -2.33. The van der Waals surface area contributed by atoms with Gasteiger partial charge in [0.25, 0.3) is 0 Å². The molecule has 0 heterocycles. The Balaban J connectivity index is 0. The van der Waals surface area contributed by atoms with Crippen molar-refractivity contribution in [1.82, 2.24) is 5.48 Å². The van der Waals surface area contributed by atoms with Gasteiger partial charge in [-0.15, -0.1) is 0 Å². The van der Waals surface area contributed by atoms with Gasteiger partial charge in [0, 0.05) is 0 Å². The first-order valence-electron chi connectivity index (χ1n) is 2.63. The first kappa shape index (κ1) is 12.8. The Labute approximate surface area is 63.0 Å². The van der Waals surface area contributed by atoms with Gasteiger partial charge < -0.3 is 21.4 Å². The van der Waals surface area contributed by atoms with Gasteiger partial charge >= 0.3 is 6.03 Å². The fourth-order valence-electron chi connectivity index (χ4n) is 0.262. The largest absolute Gasteiger partial charge is 0.412 e. The maximum atomic E-state index is 9.91. The van der Waals surface area contributed by atoms with E-state index in [1.165, 1.54) is 0 Å². The summed E-state index contributed by atoms with van der Waals surface area (Å²) < 4.78 is 0. The van der Waals surface area contributed by atoms with Gasteiger partial charge in [-0.1, -0.05) is 0 Å². The van der Waals surface area contributed by atoms with Crippen LogP contribution >= 0.6 is 0 Å². The number of carbonyl (C=O) groups is 1. The highest BCUT2D eigenvalue weighted by Gasteiger charge is 2.01. The molecule has 7 nitrogen and oxygen atoms in total. The van der Waals surface area contributed by atoms with Crippen LogP contribution in [0.4, 0.5) is 4.79 Å². The lowest BCUT2D eigenvalue weighted by molar-refractivity contribution is -0.0223. The number of hydroxylamine groups is 1. The quantitative estimate of drug-likeness (QED) is 0.335. The monoisotopic (exact) mass is 168 g/mol. The zero-order chi connectivity index (χ0) is 7.98. The Kier molecular flexibility index (Phi) is 8.37. The minimum Gasteiger partial charge on any atom is -0.412 e. The highest BCUT2D eigenvalue weighted by molar-refractivity contribution is 5.70. The summed E-state index contributed by atoms with van der Waals surface area (Å²) in [6.07, 6.45) is -0.994. The van der Waals surface area contributed by atoms with E-state index in [1.54, 1.807) is 5.48 Å². The van der Waals surface area contributed by atoms with E-state index in [0.717, 1.165) is 0 Å². The molecule has 7 N–H and O–H groups in total. The van der Waals surface area contributed by atoms with Crippen LogP contribution in [0.1, 0.15) is 0 Å². The molecule has 0 aromatic heterocycles. The Hall–Kier alpha value is -0.890. The van der Waals surface area contributed by atoms with Crippen LogP contribution in [0, 0.1) is 0 Å². The van der Waals surface area contributed by atoms with Crippen LogP contribution < -0.4 is 11.2 Å². The van der Waals surface area contributed by atoms with Crippen molar-refractivity contribution >= 4 is 6.03 Å². The molecule has 0 aromatic rings. The Bertz CT molecular complexity index is 109. The number of aliphatic hydroxyl groups is 2. The number of amides is 2. The van der Waals surface area contributed by atoms with Gasteiger partial charge in [0.2, 0.25) is 0 Å². The first-order valence-corrected chi connectivity index (χ1v) is 2.63. The van der Waals surface area contributed by atoms with Crippen LogP contribution in [-0.2, 0) is 4.84 Å². The van der Waals surface area contributed by atoms with E-state index in [-0.39, 0.29) is 12.1 Å². The Morgan fingerprint density at radius 2 is 2.27 bits per heavy atom. The smallest absolute Gasteiger partial charge is 0.336 e. The summed E-state index contributed by atoms with van der Waals surface area (Å²) in [6.45, 7) is -0.597. The Morgan fingerprint density at radius 1 is 1.73 bits per heavy atom. The number of nitrogens with one attached hydrogen (secondary N) is 1. The zero-order valence-electron chi connectivity index (χ0n) is 5.78. The number of nitrogens with two attached hydrogens (primary N) is 1. The Morgan fingerprint density at radius 3 is 2.64 bits per heavy atom. The SMILES string of the molecule is NC(=O)NOCC(O)CO.O. The fraction of sp³-hybridized carbons (Fsp3) is 0.750. The summed E-state index contributed by atoms with van der Waals surface area (Å²) >= 11 is 0. The van der Waals surface area contributed by atoms with E-state index < -0.39 is 18.7 Å². The van der Waals surface area contributed by atoms with Gasteiger partial charge in [0.15, 0.2) is 0 Å². The van der Waals surface area contributed by atoms with Crippen LogP contribution in [0.15, 0.2) is 0 Å². The molecule has 1 atom stereocenters. The van der Waals surface area contributed by atoms with Gasteiger partial charge in [-0.3, -0.25) is 4.84 Å². The second-order valence-corrected chi connectivity index (χ2v) is 1.61. The average molecular weight is 168 g/mol. The third-order valence-corrected chi connectivity index (χ3v) is 0.659. The molecule has 0 aliphatic heterocycles. The summed E-state index contributed by atoms with van der Waals surface area (Å²) in [5.41, 5.74) is 6.38. The maximum absolute atomic E-state index is 9.91. The average Bonchev–Trinajstić information content (AvgIpc) is 1.87. The maximum Gasteiger partial charge on any atom is 0.336 e. The van der Waals surface area contributed by atoms with Crippen molar-refractivity contribution in [2.45, 2.75) is 6.10 Å². The normalized spacial score (nSPS) is 11.5. The standard InChI is InChI=1S/C4H10N2O4.H2O/c5-4(9)6-10-2-3(8)1-7;/h3,7-8H,1-2H2,(H3,5,6,9);1H2. The molecule has 2 amide bonds. The van der Waals surface area contributed by atoms with Crippen LogP contribution in [0.2, 0.25) is 0 Å². The zero-order valence-corrected chi connectivity index (χ0v) is 5.78. The van der Waals surface area contributed by atoms with Gasteiger partial charge in [0.05, 0.1) is 6.61 Å². The highest BCUT2D eigenvalue weighted by atomic mass is 16.7. The molecule has 0 fully saturated rings. The third kappa shape index (κ3) is 9.11. The van der Waals surface area contributed by atoms with E-state index >= 15 is 0 Å². The van der Waals surface area contributed by atoms with Crippen LogP contribution in [-0.4, -0.2) is 41.0 Å². The molecule has 0 saturated carbocycles. The summed E-state index contributed by atoms with van der Waals surface area (Å²) in [5, 5.41) is 16.8. The molecule has 7 heteroatoms. The number of hydrogen-bond donors (Lipinski definition) is 4. The number of primary amides is 1. The molecule has 0 radical (unpaired) electrons. The third-order valence-electron chi connectivity index (χ3n) is 0.659. The number of urea groups is 1. The predicted octanol–water partition coefficient (Wildman–Crippen LogP) is -2.89. The van der Waals surface area contributed by atoms with E-state index in [0.29, 0.717) is 0 Å². The number of carbonyl (C=O) groups excluding carboxylic acids is 1. The second kappa shape index (κ2) is 7.22. The molecule has 0 saturated heterocycles. The van der Waals surface area contributed by atoms with Crippen molar-refractivity contribution in [2.24, 2.45) is 5.73 Å². The predicted molar refractivity (Wildman–Crippen MR) is 35.4 cm³/mol. The van der Waals surface area contributed by atoms with Crippen molar-refractivity contribution in [1.29, 1.82) is 0 Å². The van der Waals surface area contributed by atoms with E-state index in [1.807, 2.05) is 0 Å². The molecular weight excluding hydrogens is 156 g/mol. The molecule has 11 heavy (non-hydrogen) atoms. The van der Waals surface area contributed by atoms with Crippen molar-refractivity contribution in [3.8, 4) is 0 Å². The molecule has 0 aliphatic rings. The lowest BCUT2D eigenvalue weighted by Gasteiger charge is -2.06. The molecule has 0 aliphatic carbocycles. The van der Waals surface area contributed by atoms with Crippen LogP contribution in [0.25, 0.3) is 0 Å². The number of rotatable bonds is 4. The van der Waals surface area contributed by atoms with Gasteiger partial charge in [-0.2, -0.15) is 0 Å². The van der Waals surface area contributed by atoms with Crippen molar-refractivity contribution in [2.75, 3.05) is 13.2 Å². The van der Waals surface area contributed by atoms with Gasteiger partial charge in [0.1, 0.15) is 12.7 Å². The molecule has 0 rings (SSSR count). The van der Waals surface area contributed by atoms with Crippen molar-refractivity contribution < 1.29 is 25.3 Å². The van der Waals surface area contributed by atoms with Gasteiger partial charge in [-0.25, -0.2) is 10.3 Å². The minimum absolute atomic E-state index is 0. The van der Waals surface area contributed by atoms with Crippen LogP contribution in [0.5, 0.6) is 0 Å². The van der Waals surface area contributed by atoms with E-state index in [4.69, 9.17) is 10.2 Å². The first-order chi connectivity index (χ1) is 4.66. The minimum atomic E-state index is -0.994. The fourth-order valence-corrected chi connectivity index (χ4v) is 0.262. The van der Waals surface area contributed by atoms with Crippen LogP contribution in [0.3, 0.4) is 0 Å². The molecule has 0 spiro atoms. The summed E-state index contributed by atoms with van der Waals surface area (Å²) in [7, 11) is 0. The number of aliphatic hydroxyl groups excluding tert-OH is 2.